The molecule has 0 aromatic heterocycles. The molecule has 4 aliphatic rings. The first kappa shape index (κ1) is 17.8. The Hall–Kier alpha value is -2.29. The highest BCUT2D eigenvalue weighted by molar-refractivity contribution is 5.83. The van der Waals surface area contributed by atoms with Crippen LogP contribution in [0.4, 0.5) is 0 Å². The summed E-state index contributed by atoms with van der Waals surface area (Å²) in [7, 11) is 1.71. The van der Waals surface area contributed by atoms with E-state index in [0.29, 0.717) is 18.4 Å². The number of carbonyl (C=O) groups is 1. The highest BCUT2D eigenvalue weighted by Gasteiger charge is 2.60. The zero-order chi connectivity index (χ0) is 19.2. The van der Waals surface area contributed by atoms with E-state index in [4.69, 9.17) is 4.74 Å². The number of benzene rings is 2. The SMILES string of the molecule is COc1ccc(C23C[C@@H]4C[C@@H](CC(C(=O)NCc5ccccc5)(C4)C2)C3)cc1. The lowest BCUT2D eigenvalue weighted by Crippen LogP contribution is -2.59. The molecule has 4 atom stereocenters. The Labute approximate surface area is 167 Å². The van der Waals surface area contributed by atoms with Gasteiger partial charge in [-0.1, -0.05) is 42.5 Å². The van der Waals surface area contributed by atoms with Gasteiger partial charge in [0.2, 0.25) is 5.91 Å². The van der Waals surface area contributed by atoms with Gasteiger partial charge in [-0.3, -0.25) is 4.79 Å². The zero-order valence-corrected chi connectivity index (χ0v) is 16.6. The monoisotopic (exact) mass is 375 g/mol. The summed E-state index contributed by atoms with van der Waals surface area (Å²) >= 11 is 0. The van der Waals surface area contributed by atoms with Crippen LogP contribution in [0.2, 0.25) is 0 Å². The molecule has 1 amide bonds. The van der Waals surface area contributed by atoms with E-state index in [2.05, 4.69) is 41.7 Å². The first-order valence-electron chi connectivity index (χ1n) is 10.6. The van der Waals surface area contributed by atoms with Crippen LogP contribution in [0, 0.1) is 17.3 Å². The molecule has 0 radical (unpaired) electrons. The third-order valence-electron chi connectivity index (χ3n) is 7.54. The summed E-state index contributed by atoms with van der Waals surface area (Å²) in [5.74, 6) is 2.56. The second-order valence-electron chi connectivity index (χ2n) is 9.42. The van der Waals surface area contributed by atoms with Gasteiger partial charge in [0.1, 0.15) is 5.75 Å². The predicted octanol–water partition coefficient (Wildman–Crippen LogP) is 4.85. The molecule has 0 spiro atoms. The maximum absolute atomic E-state index is 13.4. The van der Waals surface area contributed by atoms with Crippen LogP contribution >= 0.6 is 0 Å². The van der Waals surface area contributed by atoms with Crippen molar-refractivity contribution in [3.63, 3.8) is 0 Å². The molecule has 2 aromatic rings. The molecular formula is C25H29NO2. The van der Waals surface area contributed by atoms with Crippen LogP contribution in [0.3, 0.4) is 0 Å². The van der Waals surface area contributed by atoms with Crippen molar-refractivity contribution in [3.05, 3.63) is 65.7 Å². The van der Waals surface area contributed by atoms with E-state index in [1.807, 2.05) is 18.2 Å². The predicted molar refractivity (Wildman–Crippen MR) is 110 cm³/mol. The van der Waals surface area contributed by atoms with Gasteiger partial charge in [0.05, 0.1) is 12.5 Å². The number of hydrogen-bond donors (Lipinski definition) is 1. The summed E-state index contributed by atoms with van der Waals surface area (Å²) < 4.78 is 5.36. The topological polar surface area (TPSA) is 38.3 Å². The lowest BCUT2D eigenvalue weighted by atomic mass is 9.42. The smallest absolute Gasteiger partial charge is 0.226 e. The second-order valence-corrected chi connectivity index (χ2v) is 9.42. The minimum absolute atomic E-state index is 0.167. The molecule has 6 rings (SSSR count). The maximum atomic E-state index is 13.4. The van der Waals surface area contributed by atoms with Crippen molar-refractivity contribution < 1.29 is 9.53 Å². The summed E-state index contributed by atoms with van der Waals surface area (Å²) in [4.78, 5) is 13.4. The van der Waals surface area contributed by atoms with E-state index in [1.165, 1.54) is 30.4 Å². The van der Waals surface area contributed by atoms with E-state index < -0.39 is 0 Å². The van der Waals surface area contributed by atoms with Gasteiger partial charge in [0.25, 0.3) is 0 Å². The minimum Gasteiger partial charge on any atom is -0.497 e. The summed E-state index contributed by atoms with van der Waals surface area (Å²) in [6.45, 7) is 0.631. The summed E-state index contributed by atoms with van der Waals surface area (Å²) in [6, 6.07) is 18.9. The molecule has 4 aliphatic carbocycles. The molecule has 0 aliphatic heterocycles. The van der Waals surface area contributed by atoms with E-state index in [9.17, 15) is 4.79 Å². The van der Waals surface area contributed by atoms with E-state index in [-0.39, 0.29) is 16.7 Å². The molecule has 3 nitrogen and oxygen atoms in total. The third-order valence-corrected chi connectivity index (χ3v) is 7.54. The molecule has 3 heteroatoms. The Morgan fingerprint density at radius 2 is 1.68 bits per heavy atom. The molecule has 2 unspecified atom stereocenters. The van der Waals surface area contributed by atoms with E-state index in [0.717, 1.165) is 25.0 Å². The number of ether oxygens (including phenoxy) is 1. The van der Waals surface area contributed by atoms with Crippen molar-refractivity contribution in [1.29, 1.82) is 0 Å². The number of carbonyl (C=O) groups excluding carboxylic acids is 1. The molecule has 28 heavy (non-hydrogen) atoms. The van der Waals surface area contributed by atoms with Gasteiger partial charge in [-0.15, -0.1) is 0 Å². The van der Waals surface area contributed by atoms with Crippen LogP contribution < -0.4 is 10.1 Å². The quantitative estimate of drug-likeness (QED) is 0.811. The molecule has 0 saturated heterocycles. The average molecular weight is 376 g/mol. The average Bonchev–Trinajstić information content (AvgIpc) is 2.72. The standard InChI is InChI=1S/C25H29NO2/c1-28-22-9-7-21(8-10-22)24-12-19-11-20(13-24)15-25(14-19,17-24)23(27)26-16-18-5-3-2-4-6-18/h2-10,19-20H,11-17H2,1H3,(H,26,27)/t19-,20+,24?,25?. The Kier molecular flexibility index (Phi) is 4.22. The van der Waals surface area contributed by atoms with Gasteiger partial charge in [0, 0.05) is 6.54 Å². The first-order chi connectivity index (χ1) is 13.6. The van der Waals surface area contributed by atoms with Crippen molar-refractivity contribution in [2.75, 3.05) is 7.11 Å². The van der Waals surface area contributed by atoms with Crippen LogP contribution in [0.15, 0.2) is 54.6 Å². The van der Waals surface area contributed by atoms with Gasteiger partial charge in [0.15, 0.2) is 0 Å². The highest BCUT2D eigenvalue weighted by Crippen LogP contribution is 2.65. The molecule has 2 aromatic carbocycles. The third kappa shape index (κ3) is 2.92. The molecule has 4 bridgehead atoms. The van der Waals surface area contributed by atoms with Crippen LogP contribution in [0.25, 0.3) is 0 Å². The van der Waals surface area contributed by atoms with Crippen molar-refractivity contribution in [3.8, 4) is 5.75 Å². The van der Waals surface area contributed by atoms with Crippen LogP contribution in [-0.2, 0) is 16.8 Å². The van der Waals surface area contributed by atoms with Gasteiger partial charge in [-0.05, 0) is 79.0 Å². The van der Waals surface area contributed by atoms with Crippen molar-refractivity contribution >= 4 is 5.91 Å². The number of nitrogens with one attached hydrogen (secondary N) is 1. The minimum atomic E-state index is -0.182. The molecule has 1 N–H and O–H groups in total. The Morgan fingerprint density at radius 3 is 2.32 bits per heavy atom. The second kappa shape index (κ2) is 6.65. The van der Waals surface area contributed by atoms with Crippen molar-refractivity contribution in [2.24, 2.45) is 17.3 Å². The van der Waals surface area contributed by atoms with Gasteiger partial charge in [-0.2, -0.15) is 0 Å². The molecule has 4 saturated carbocycles. The van der Waals surface area contributed by atoms with Gasteiger partial charge < -0.3 is 10.1 Å². The van der Waals surface area contributed by atoms with Crippen LogP contribution in [-0.4, -0.2) is 13.0 Å². The Morgan fingerprint density at radius 1 is 1.00 bits per heavy atom. The molecular weight excluding hydrogens is 346 g/mol. The number of rotatable bonds is 5. The normalized spacial score (nSPS) is 32.9. The van der Waals surface area contributed by atoms with Gasteiger partial charge in [-0.25, -0.2) is 0 Å². The largest absolute Gasteiger partial charge is 0.497 e. The molecule has 4 fully saturated rings. The summed E-state index contributed by atoms with van der Waals surface area (Å²) in [5, 5.41) is 3.28. The lowest BCUT2D eigenvalue weighted by molar-refractivity contribution is -0.149. The summed E-state index contributed by atoms with van der Waals surface area (Å²) in [6.07, 6.45) is 6.93. The Balaban J connectivity index is 1.40. The van der Waals surface area contributed by atoms with Crippen LogP contribution in [0.5, 0.6) is 5.75 Å². The van der Waals surface area contributed by atoms with Crippen molar-refractivity contribution in [2.45, 2.75) is 50.5 Å². The van der Waals surface area contributed by atoms with E-state index >= 15 is 0 Å². The maximum Gasteiger partial charge on any atom is 0.226 e. The van der Waals surface area contributed by atoms with Gasteiger partial charge >= 0.3 is 0 Å². The van der Waals surface area contributed by atoms with Crippen molar-refractivity contribution in [1.82, 2.24) is 5.32 Å². The highest BCUT2D eigenvalue weighted by atomic mass is 16.5. The lowest BCUT2D eigenvalue weighted by Gasteiger charge is -2.61. The number of hydrogen-bond acceptors (Lipinski definition) is 2. The number of amides is 1. The summed E-state index contributed by atoms with van der Waals surface area (Å²) in [5.41, 5.74) is 2.56. The van der Waals surface area contributed by atoms with Crippen LogP contribution in [0.1, 0.15) is 49.7 Å². The first-order valence-corrected chi connectivity index (χ1v) is 10.6. The zero-order valence-electron chi connectivity index (χ0n) is 16.6. The van der Waals surface area contributed by atoms with E-state index in [1.54, 1.807) is 7.11 Å². The fourth-order valence-electron chi connectivity index (χ4n) is 6.78. The fraction of sp³-hybridized carbons (Fsp3) is 0.480. The molecule has 0 heterocycles. The molecule has 146 valence electrons. The Bertz CT molecular complexity index is 844. The number of methoxy groups -OCH3 is 1. The fourth-order valence-corrected chi connectivity index (χ4v) is 6.78.